The van der Waals surface area contributed by atoms with Crippen molar-refractivity contribution in [2.45, 2.75) is 32.7 Å². The van der Waals surface area contributed by atoms with Crippen LogP contribution < -0.4 is 14.1 Å². The molecule has 1 aliphatic carbocycles. The minimum absolute atomic E-state index is 0.0584. The summed E-state index contributed by atoms with van der Waals surface area (Å²) < 4.78 is 25.6. The second-order valence-corrected chi connectivity index (χ2v) is 10.4. The first-order valence-corrected chi connectivity index (χ1v) is 12.1. The summed E-state index contributed by atoms with van der Waals surface area (Å²) in [5, 5.41) is 0. The highest BCUT2D eigenvalue weighted by Crippen LogP contribution is 2.43. The van der Waals surface area contributed by atoms with E-state index in [9.17, 15) is 18.0 Å². The van der Waals surface area contributed by atoms with Crippen LogP contribution in [-0.4, -0.2) is 45.4 Å². The van der Waals surface area contributed by atoms with E-state index in [1.54, 1.807) is 21.9 Å². The van der Waals surface area contributed by atoms with Crippen LogP contribution in [0.2, 0.25) is 0 Å². The molecule has 0 unspecified atom stereocenters. The van der Waals surface area contributed by atoms with E-state index in [1.807, 2.05) is 31.2 Å². The average molecular weight is 453 g/mol. The van der Waals surface area contributed by atoms with Crippen molar-refractivity contribution in [1.29, 1.82) is 0 Å². The normalized spacial score (nSPS) is 21.2. The molecule has 3 aliphatic rings. The first-order chi connectivity index (χ1) is 15.2. The number of fused-ring (bicyclic) bond motifs is 2. The van der Waals surface area contributed by atoms with Crippen LogP contribution >= 0.6 is 0 Å². The lowest BCUT2D eigenvalue weighted by Gasteiger charge is -2.41. The van der Waals surface area contributed by atoms with Gasteiger partial charge in [-0.2, -0.15) is 0 Å². The molecule has 0 radical (unpaired) electrons. The number of rotatable bonds is 2. The molecule has 2 heterocycles. The number of carbonyl (C=O) groups is 2. The van der Waals surface area contributed by atoms with Crippen LogP contribution in [0.15, 0.2) is 41.4 Å². The van der Waals surface area contributed by atoms with Crippen molar-refractivity contribution in [2.75, 3.05) is 27.7 Å². The van der Waals surface area contributed by atoms with Gasteiger partial charge in [-0.25, -0.2) is 13.4 Å². The van der Waals surface area contributed by atoms with Gasteiger partial charge >= 0.3 is 0 Å². The minimum atomic E-state index is -3.59. The standard InChI is InChI=1S/C23H24N4O4S/c1-14-12-26(23(29)16-4-5-16)22-11-18(7-9-20(22)27(14)15(2)28)17-6-8-19-21(10-17)25(3)32(30,31)13-24-19/h6-11,13-14,16H,4-5,12H2,1-3H3/t14-/m0/s1. The Morgan fingerprint density at radius 1 is 1.00 bits per heavy atom. The van der Waals surface area contributed by atoms with Gasteiger partial charge in [0.05, 0.1) is 28.8 Å². The summed E-state index contributed by atoms with van der Waals surface area (Å²) in [6, 6.07) is 11.0. The molecule has 2 aliphatic heterocycles. The summed E-state index contributed by atoms with van der Waals surface area (Å²) in [4.78, 5) is 33.0. The molecule has 2 amide bonds. The molecule has 2 aromatic carbocycles. The van der Waals surface area contributed by atoms with Crippen LogP contribution in [0.25, 0.3) is 11.1 Å². The van der Waals surface area contributed by atoms with Crippen molar-refractivity contribution in [1.82, 2.24) is 0 Å². The van der Waals surface area contributed by atoms with Gasteiger partial charge in [0.25, 0.3) is 10.0 Å². The molecule has 0 N–H and O–H groups in total. The third-order valence-corrected chi connectivity index (χ3v) is 7.63. The highest BCUT2D eigenvalue weighted by atomic mass is 32.2. The molecule has 0 spiro atoms. The monoisotopic (exact) mass is 452 g/mol. The minimum Gasteiger partial charge on any atom is -0.308 e. The molecule has 1 atom stereocenters. The summed E-state index contributed by atoms with van der Waals surface area (Å²) >= 11 is 0. The van der Waals surface area contributed by atoms with E-state index in [-0.39, 0.29) is 23.8 Å². The lowest BCUT2D eigenvalue weighted by Crippen LogP contribution is -2.51. The summed E-state index contributed by atoms with van der Waals surface area (Å²) in [6.45, 7) is 3.93. The van der Waals surface area contributed by atoms with Crippen LogP contribution in [-0.2, 0) is 19.6 Å². The van der Waals surface area contributed by atoms with Gasteiger partial charge in [-0.1, -0.05) is 12.1 Å². The molecule has 8 nitrogen and oxygen atoms in total. The molecular formula is C23H24N4O4S. The summed E-state index contributed by atoms with van der Waals surface area (Å²) in [7, 11) is -2.09. The van der Waals surface area contributed by atoms with E-state index >= 15 is 0 Å². The number of aliphatic imine (C=N–C) groups is 1. The number of sulfonamides is 1. The van der Waals surface area contributed by atoms with Crippen molar-refractivity contribution in [3.63, 3.8) is 0 Å². The van der Waals surface area contributed by atoms with Gasteiger partial charge in [0.1, 0.15) is 5.55 Å². The molecule has 0 aromatic heterocycles. The topological polar surface area (TPSA) is 90.4 Å². The number of carbonyl (C=O) groups excluding carboxylic acids is 2. The number of amides is 2. The third kappa shape index (κ3) is 3.28. The molecule has 9 heteroatoms. The molecule has 5 rings (SSSR count). The Bertz CT molecular complexity index is 1280. The number of hydrogen-bond acceptors (Lipinski definition) is 5. The summed E-state index contributed by atoms with van der Waals surface area (Å²) in [5.74, 6) is 0.0931. The molecule has 0 bridgehead atoms. The maximum Gasteiger partial charge on any atom is 0.274 e. The van der Waals surface area contributed by atoms with E-state index in [1.165, 1.54) is 18.3 Å². The SMILES string of the molecule is CC(=O)N1c2ccc(-c3ccc4c(c3)N(C)S(=O)(=O)C=N4)cc2N(C(=O)C2CC2)C[C@@H]1C. The van der Waals surface area contributed by atoms with Crippen LogP contribution in [0.3, 0.4) is 0 Å². The zero-order valence-electron chi connectivity index (χ0n) is 18.1. The van der Waals surface area contributed by atoms with Crippen molar-refractivity contribution >= 4 is 50.1 Å². The fraction of sp³-hybridized carbons (Fsp3) is 0.348. The third-order valence-electron chi connectivity index (χ3n) is 6.30. The fourth-order valence-electron chi connectivity index (χ4n) is 4.44. The van der Waals surface area contributed by atoms with E-state index in [0.29, 0.717) is 23.6 Å². The zero-order valence-corrected chi connectivity index (χ0v) is 19.0. The second kappa shape index (κ2) is 7.16. The Labute approximate surface area is 187 Å². The van der Waals surface area contributed by atoms with E-state index in [0.717, 1.165) is 35.2 Å². The predicted molar refractivity (Wildman–Crippen MR) is 125 cm³/mol. The Hall–Kier alpha value is -3.20. The fourth-order valence-corrected chi connectivity index (χ4v) is 5.25. The zero-order chi connectivity index (χ0) is 22.8. The van der Waals surface area contributed by atoms with Crippen LogP contribution in [0.4, 0.5) is 22.7 Å². The molecule has 32 heavy (non-hydrogen) atoms. The van der Waals surface area contributed by atoms with Gasteiger partial charge in [0, 0.05) is 26.4 Å². The second-order valence-electron chi connectivity index (χ2n) is 8.62. The molecule has 1 saturated carbocycles. The predicted octanol–water partition coefficient (Wildman–Crippen LogP) is 3.29. The maximum atomic E-state index is 13.0. The van der Waals surface area contributed by atoms with Gasteiger partial charge in [0.15, 0.2) is 0 Å². The van der Waals surface area contributed by atoms with Crippen molar-refractivity contribution in [3.8, 4) is 11.1 Å². The summed E-state index contributed by atoms with van der Waals surface area (Å²) in [5.41, 5.74) is 5.09. The van der Waals surface area contributed by atoms with Gasteiger partial charge in [-0.3, -0.25) is 13.9 Å². The van der Waals surface area contributed by atoms with Crippen molar-refractivity contribution in [3.05, 3.63) is 36.4 Å². The molecule has 2 aromatic rings. The van der Waals surface area contributed by atoms with Crippen molar-refractivity contribution in [2.24, 2.45) is 10.9 Å². The first kappa shape index (κ1) is 20.7. The quantitative estimate of drug-likeness (QED) is 0.699. The molecule has 166 valence electrons. The number of benzene rings is 2. The maximum absolute atomic E-state index is 13.0. The van der Waals surface area contributed by atoms with Gasteiger partial charge in [-0.15, -0.1) is 0 Å². The number of nitrogens with zero attached hydrogens (tertiary/aromatic N) is 4. The highest BCUT2D eigenvalue weighted by molar-refractivity contribution is 8.05. The first-order valence-electron chi connectivity index (χ1n) is 10.6. The van der Waals surface area contributed by atoms with Crippen LogP contribution in [0.5, 0.6) is 0 Å². The lowest BCUT2D eigenvalue weighted by atomic mass is 9.99. The van der Waals surface area contributed by atoms with E-state index in [2.05, 4.69) is 4.99 Å². The Morgan fingerprint density at radius 3 is 2.31 bits per heavy atom. The Balaban J connectivity index is 1.62. The Morgan fingerprint density at radius 2 is 1.66 bits per heavy atom. The average Bonchev–Trinajstić information content (AvgIpc) is 3.60. The van der Waals surface area contributed by atoms with Crippen LogP contribution in [0, 0.1) is 5.92 Å². The van der Waals surface area contributed by atoms with Crippen LogP contribution in [0.1, 0.15) is 26.7 Å². The number of hydrogen-bond donors (Lipinski definition) is 0. The van der Waals surface area contributed by atoms with E-state index < -0.39 is 10.0 Å². The smallest absolute Gasteiger partial charge is 0.274 e. The van der Waals surface area contributed by atoms with Gasteiger partial charge in [0.2, 0.25) is 11.8 Å². The molecule has 0 saturated heterocycles. The molecule has 1 fully saturated rings. The van der Waals surface area contributed by atoms with Gasteiger partial charge < -0.3 is 9.80 Å². The highest BCUT2D eigenvalue weighted by Gasteiger charge is 2.39. The number of anilines is 3. The van der Waals surface area contributed by atoms with Crippen molar-refractivity contribution < 1.29 is 18.0 Å². The largest absolute Gasteiger partial charge is 0.308 e. The Kier molecular flexibility index (Phi) is 4.63. The van der Waals surface area contributed by atoms with Gasteiger partial charge in [-0.05, 0) is 55.2 Å². The van der Waals surface area contributed by atoms with E-state index in [4.69, 9.17) is 0 Å². The molecular weight excluding hydrogens is 428 g/mol. The summed E-state index contributed by atoms with van der Waals surface area (Å²) in [6.07, 6.45) is 1.81. The lowest BCUT2D eigenvalue weighted by molar-refractivity contribution is -0.120.